The fourth-order valence-corrected chi connectivity index (χ4v) is 6.51. The van der Waals surface area contributed by atoms with E-state index < -0.39 is 33.1 Å². The maximum atomic E-state index is 13.7. The van der Waals surface area contributed by atoms with Crippen molar-refractivity contribution in [2.24, 2.45) is 5.41 Å². The van der Waals surface area contributed by atoms with Crippen molar-refractivity contribution in [1.82, 2.24) is 19.3 Å². The summed E-state index contributed by atoms with van der Waals surface area (Å²) >= 11 is 0. The monoisotopic (exact) mass is 570 g/mol. The number of nitrogens with zero attached hydrogens (tertiary/aromatic N) is 4. The molecular formula is C29H38N4O6S. The molecule has 1 aromatic heterocycles. The zero-order valence-corrected chi connectivity index (χ0v) is 24.7. The molecule has 1 atom stereocenters. The molecule has 1 aliphatic rings. The van der Waals surface area contributed by atoms with Crippen LogP contribution >= 0.6 is 0 Å². The van der Waals surface area contributed by atoms with Gasteiger partial charge in [-0.2, -0.15) is 4.31 Å². The van der Waals surface area contributed by atoms with Gasteiger partial charge in [-0.3, -0.25) is 9.48 Å². The summed E-state index contributed by atoms with van der Waals surface area (Å²) in [5.41, 5.74) is 0.817. The summed E-state index contributed by atoms with van der Waals surface area (Å²) in [6.45, 7) is 11.9. The Morgan fingerprint density at radius 2 is 1.95 bits per heavy atom. The fourth-order valence-electron chi connectivity index (χ4n) is 4.83. The number of hydrogen-bond acceptors (Lipinski definition) is 7. The van der Waals surface area contributed by atoms with Crippen LogP contribution in [0.3, 0.4) is 0 Å². The number of ether oxygens (including phenoxy) is 2. The van der Waals surface area contributed by atoms with Crippen LogP contribution in [0.4, 0.5) is 0 Å². The number of fused-ring (bicyclic) bond motifs is 1. The van der Waals surface area contributed by atoms with Gasteiger partial charge in [0, 0.05) is 13.1 Å². The van der Waals surface area contributed by atoms with Crippen LogP contribution in [0, 0.1) is 12.3 Å². The highest BCUT2D eigenvalue weighted by atomic mass is 32.2. The number of aromatic nitrogens is 3. The Morgan fingerprint density at radius 3 is 2.65 bits per heavy atom. The Morgan fingerprint density at radius 1 is 1.23 bits per heavy atom. The Balaban J connectivity index is 1.68. The van der Waals surface area contributed by atoms with Crippen LogP contribution in [0.1, 0.15) is 69.5 Å². The number of carboxylic acids is 1. The molecule has 0 saturated carbocycles. The van der Waals surface area contributed by atoms with Gasteiger partial charge in [0.1, 0.15) is 21.9 Å². The van der Waals surface area contributed by atoms with Gasteiger partial charge < -0.3 is 14.6 Å². The standard InChI is InChI=1S/C29H38N4O6S/c1-7-14-32-17-23(30-31-32)18-38-26(29(5,6)27(34)35)21-13-12-20(2)22(15-21)16-33-19-28(3,4)39-24-10-8-9-11-25(24)40(33,36)37/h8-13,15,17,26H,7,14,16,18-19H2,1-6H3,(H,34,35)/t26-/m1/s1. The molecule has 4 rings (SSSR count). The number of aryl methyl sites for hydroxylation is 2. The summed E-state index contributed by atoms with van der Waals surface area (Å²) in [6, 6.07) is 12.2. The summed E-state index contributed by atoms with van der Waals surface area (Å²) < 4.78 is 42.9. The third kappa shape index (κ3) is 6.21. The molecule has 216 valence electrons. The van der Waals surface area contributed by atoms with E-state index in [0.29, 0.717) is 17.0 Å². The first-order chi connectivity index (χ1) is 18.7. The summed E-state index contributed by atoms with van der Waals surface area (Å²) in [4.78, 5) is 12.4. The molecule has 0 saturated heterocycles. The molecule has 0 aliphatic carbocycles. The third-order valence-corrected chi connectivity index (χ3v) is 8.91. The maximum Gasteiger partial charge on any atom is 0.312 e. The number of hydrogen-bond donors (Lipinski definition) is 1. The highest BCUT2D eigenvalue weighted by Gasteiger charge is 2.41. The molecule has 2 aromatic carbocycles. The average molecular weight is 571 g/mol. The number of para-hydroxylation sites is 1. The molecule has 11 heteroatoms. The smallest absolute Gasteiger partial charge is 0.312 e. The van der Waals surface area contributed by atoms with Crippen LogP contribution in [0.15, 0.2) is 53.6 Å². The first-order valence-electron chi connectivity index (χ1n) is 13.4. The van der Waals surface area contributed by atoms with Gasteiger partial charge in [-0.05, 0) is 69.9 Å². The van der Waals surface area contributed by atoms with Gasteiger partial charge in [0.05, 0.1) is 30.9 Å². The van der Waals surface area contributed by atoms with E-state index >= 15 is 0 Å². The first-order valence-corrected chi connectivity index (χ1v) is 14.8. The van der Waals surface area contributed by atoms with E-state index in [4.69, 9.17) is 9.47 Å². The summed E-state index contributed by atoms with van der Waals surface area (Å²) in [5, 5.41) is 18.3. The van der Waals surface area contributed by atoms with Crippen LogP contribution < -0.4 is 4.74 Å². The highest BCUT2D eigenvalue weighted by molar-refractivity contribution is 7.89. The molecule has 0 radical (unpaired) electrons. The quantitative estimate of drug-likeness (QED) is 0.371. The minimum atomic E-state index is -3.86. The largest absolute Gasteiger partial charge is 0.485 e. The number of aliphatic carboxylic acids is 1. The van der Waals surface area contributed by atoms with E-state index in [0.717, 1.165) is 24.1 Å². The van der Waals surface area contributed by atoms with E-state index in [-0.39, 0.29) is 24.6 Å². The van der Waals surface area contributed by atoms with Gasteiger partial charge in [-0.25, -0.2) is 8.42 Å². The average Bonchev–Trinajstić information content (AvgIpc) is 3.29. The highest BCUT2D eigenvalue weighted by Crippen LogP contribution is 2.39. The van der Waals surface area contributed by atoms with E-state index in [9.17, 15) is 18.3 Å². The second kappa shape index (κ2) is 11.3. The lowest BCUT2D eigenvalue weighted by atomic mass is 9.81. The minimum absolute atomic E-state index is 0.0805. The van der Waals surface area contributed by atoms with Crippen LogP contribution in [-0.4, -0.2) is 50.9 Å². The molecule has 0 fully saturated rings. The van der Waals surface area contributed by atoms with E-state index in [1.807, 2.05) is 45.9 Å². The van der Waals surface area contributed by atoms with Crippen LogP contribution in [0.5, 0.6) is 5.75 Å². The number of carbonyl (C=O) groups is 1. The molecule has 0 unspecified atom stereocenters. The molecule has 2 heterocycles. The maximum absolute atomic E-state index is 13.7. The molecule has 1 aliphatic heterocycles. The number of sulfonamides is 1. The second-order valence-corrected chi connectivity index (χ2v) is 13.4. The zero-order valence-electron chi connectivity index (χ0n) is 23.9. The van der Waals surface area contributed by atoms with E-state index in [1.54, 1.807) is 49.0 Å². The lowest BCUT2D eigenvalue weighted by Crippen LogP contribution is -2.42. The predicted octanol–water partition coefficient (Wildman–Crippen LogP) is 4.73. The Hall–Kier alpha value is -3.28. The fraction of sp³-hybridized carbons (Fsp3) is 0.483. The number of benzene rings is 2. The lowest BCUT2D eigenvalue weighted by molar-refractivity contribution is -0.158. The van der Waals surface area contributed by atoms with E-state index in [1.165, 1.54) is 4.31 Å². The topological polar surface area (TPSA) is 124 Å². The van der Waals surface area contributed by atoms with Gasteiger partial charge in [-0.15, -0.1) is 5.10 Å². The SMILES string of the molecule is CCCn1cc(CO[C@H](c2ccc(C)c(CN3CC(C)(C)Oc4ccccc4S3(=O)=O)c2)C(C)(C)C(=O)O)nn1. The Labute approximate surface area is 236 Å². The van der Waals surface area contributed by atoms with Gasteiger partial charge in [-0.1, -0.05) is 42.5 Å². The van der Waals surface area contributed by atoms with Crippen LogP contribution in [0.2, 0.25) is 0 Å². The number of rotatable bonds is 10. The van der Waals surface area contributed by atoms with Crippen molar-refractivity contribution in [3.63, 3.8) is 0 Å². The molecule has 40 heavy (non-hydrogen) atoms. The Bertz CT molecular complexity index is 1480. The van der Waals surface area contributed by atoms with Gasteiger partial charge >= 0.3 is 5.97 Å². The van der Waals surface area contributed by atoms with Gasteiger partial charge in [0.25, 0.3) is 0 Å². The van der Waals surface area contributed by atoms with Crippen molar-refractivity contribution >= 4 is 16.0 Å². The van der Waals surface area contributed by atoms with Crippen molar-refractivity contribution in [2.75, 3.05) is 6.54 Å². The molecule has 0 spiro atoms. The van der Waals surface area contributed by atoms with Crippen molar-refractivity contribution in [2.45, 2.75) is 84.3 Å². The molecule has 0 bridgehead atoms. The second-order valence-electron chi connectivity index (χ2n) is 11.5. The summed E-state index contributed by atoms with van der Waals surface area (Å²) in [6.07, 6.45) is 1.87. The third-order valence-electron chi connectivity index (χ3n) is 7.08. The summed E-state index contributed by atoms with van der Waals surface area (Å²) in [7, 11) is -3.86. The lowest BCUT2D eigenvalue weighted by Gasteiger charge is -2.32. The molecule has 10 nitrogen and oxygen atoms in total. The predicted molar refractivity (Wildman–Crippen MR) is 149 cm³/mol. The zero-order chi connectivity index (χ0) is 29.3. The van der Waals surface area contributed by atoms with Gasteiger partial charge in [0.2, 0.25) is 10.0 Å². The molecule has 1 N–H and O–H groups in total. The molecule has 3 aromatic rings. The molecule has 0 amide bonds. The van der Waals surface area contributed by atoms with Crippen molar-refractivity contribution in [3.8, 4) is 5.75 Å². The van der Waals surface area contributed by atoms with E-state index in [2.05, 4.69) is 10.3 Å². The van der Waals surface area contributed by atoms with Crippen molar-refractivity contribution in [1.29, 1.82) is 0 Å². The Kier molecular flexibility index (Phi) is 8.39. The minimum Gasteiger partial charge on any atom is -0.485 e. The number of carboxylic acid groups (broad SMARTS) is 1. The van der Waals surface area contributed by atoms with Crippen molar-refractivity contribution in [3.05, 3.63) is 71.0 Å². The molecular weight excluding hydrogens is 532 g/mol. The summed E-state index contributed by atoms with van der Waals surface area (Å²) in [5.74, 6) is -0.687. The normalized spacial score (nSPS) is 17.4. The van der Waals surface area contributed by atoms with Crippen LogP contribution in [-0.2, 0) is 39.3 Å². The van der Waals surface area contributed by atoms with Crippen molar-refractivity contribution < 1.29 is 27.8 Å². The first kappa shape index (κ1) is 29.7. The van der Waals surface area contributed by atoms with Crippen LogP contribution in [0.25, 0.3) is 0 Å². The van der Waals surface area contributed by atoms with Gasteiger partial charge in [0.15, 0.2) is 0 Å².